The van der Waals surface area contributed by atoms with Crippen molar-refractivity contribution in [2.45, 2.75) is 53.1 Å². The van der Waals surface area contributed by atoms with Crippen molar-refractivity contribution in [3.63, 3.8) is 0 Å². The largest absolute Gasteiger partial charge is 0.366 e. The van der Waals surface area contributed by atoms with Crippen LogP contribution in [0.5, 0.6) is 0 Å². The summed E-state index contributed by atoms with van der Waals surface area (Å²) in [5.41, 5.74) is 14.7. The fraction of sp³-hybridized carbons (Fsp3) is 0.276. The molecule has 2 N–H and O–H groups in total. The number of aryl methyl sites for hydroxylation is 2. The van der Waals surface area contributed by atoms with Crippen molar-refractivity contribution in [1.29, 1.82) is 0 Å². The van der Waals surface area contributed by atoms with Crippen LogP contribution in [-0.2, 0) is 18.5 Å². The van der Waals surface area contributed by atoms with Gasteiger partial charge in [-0.1, -0.05) is 57.2 Å². The van der Waals surface area contributed by atoms with Gasteiger partial charge in [-0.05, 0) is 49.2 Å². The number of hydrogen-bond donors (Lipinski definition) is 1. The van der Waals surface area contributed by atoms with Gasteiger partial charge in [-0.25, -0.2) is 9.67 Å². The summed E-state index contributed by atoms with van der Waals surface area (Å²) in [6.07, 6.45) is 0. The van der Waals surface area contributed by atoms with Crippen LogP contribution in [0, 0.1) is 13.8 Å². The first-order valence-corrected chi connectivity index (χ1v) is 11.9. The van der Waals surface area contributed by atoms with Gasteiger partial charge in [-0.3, -0.25) is 4.79 Å². The number of nitrogens with zero attached hydrogens (tertiary/aromatic N) is 4. The molecule has 1 aliphatic rings. The van der Waals surface area contributed by atoms with Crippen molar-refractivity contribution in [3.05, 3.63) is 94.3 Å². The Kier molecular flexibility index (Phi) is 5.47. The molecule has 6 nitrogen and oxygen atoms in total. The minimum atomic E-state index is -0.430. The molecule has 1 aliphatic heterocycles. The number of para-hydroxylation sites is 1. The predicted molar refractivity (Wildman–Crippen MR) is 140 cm³/mol. The van der Waals surface area contributed by atoms with E-state index in [1.807, 2.05) is 12.1 Å². The third-order valence-corrected chi connectivity index (χ3v) is 6.68. The van der Waals surface area contributed by atoms with Crippen LogP contribution in [0.3, 0.4) is 0 Å². The summed E-state index contributed by atoms with van der Waals surface area (Å²) in [5, 5.41) is 5.12. The van der Waals surface area contributed by atoms with Gasteiger partial charge in [0, 0.05) is 34.3 Å². The monoisotopic (exact) mass is 465 g/mol. The Labute approximate surface area is 206 Å². The second-order valence-corrected chi connectivity index (χ2v) is 10.4. The zero-order chi connectivity index (χ0) is 24.9. The summed E-state index contributed by atoms with van der Waals surface area (Å²) < 4.78 is 2.07. The lowest BCUT2D eigenvalue weighted by molar-refractivity contribution is 0.100. The molecule has 2 aromatic heterocycles. The van der Waals surface area contributed by atoms with Gasteiger partial charge in [-0.2, -0.15) is 5.10 Å². The summed E-state index contributed by atoms with van der Waals surface area (Å²) in [6.45, 7) is 12.2. The highest BCUT2D eigenvalue weighted by molar-refractivity contribution is 5.93. The highest BCUT2D eigenvalue weighted by Gasteiger charge is 2.30. The fourth-order valence-electron chi connectivity index (χ4n) is 4.79. The van der Waals surface area contributed by atoms with E-state index >= 15 is 0 Å². The number of primary amides is 1. The minimum absolute atomic E-state index is 0.0190. The van der Waals surface area contributed by atoms with Gasteiger partial charge in [0.2, 0.25) is 5.91 Å². The molecule has 0 aliphatic carbocycles. The van der Waals surface area contributed by atoms with Gasteiger partial charge in [0.05, 0.1) is 23.6 Å². The maximum atomic E-state index is 11.7. The second-order valence-electron chi connectivity index (χ2n) is 10.4. The van der Waals surface area contributed by atoms with Crippen LogP contribution in [0.1, 0.15) is 59.2 Å². The number of amides is 1. The minimum Gasteiger partial charge on any atom is -0.366 e. The topological polar surface area (TPSA) is 77.0 Å². The van der Waals surface area contributed by atoms with Crippen LogP contribution in [0.25, 0.3) is 16.9 Å². The van der Waals surface area contributed by atoms with Crippen molar-refractivity contribution in [1.82, 2.24) is 14.8 Å². The smallest absolute Gasteiger partial charge is 0.248 e. The number of fused-ring (bicyclic) bond motifs is 1. The molecule has 0 fully saturated rings. The summed E-state index contributed by atoms with van der Waals surface area (Å²) in [5.74, 6) is 0.532. The van der Waals surface area contributed by atoms with Crippen molar-refractivity contribution < 1.29 is 4.79 Å². The highest BCUT2D eigenvalue weighted by Crippen LogP contribution is 2.38. The second kappa shape index (κ2) is 8.38. The fourth-order valence-corrected chi connectivity index (χ4v) is 4.79. The first kappa shape index (κ1) is 22.8. The number of pyridine rings is 1. The molecule has 0 spiro atoms. The summed E-state index contributed by atoms with van der Waals surface area (Å²) in [7, 11) is 0. The van der Waals surface area contributed by atoms with Gasteiger partial charge in [-0.15, -0.1) is 0 Å². The molecule has 0 atom stereocenters. The van der Waals surface area contributed by atoms with E-state index in [1.165, 1.54) is 5.56 Å². The third-order valence-electron chi connectivity index (χ3n) is 6.68. The molecule has 178 valence electrons. The van der Waals surface area contributed by atoms with Gasteiger partial charge >= 0.3 is 0 Å². The zero-order valence-corrected chi connectivity index (χ0v) is 21.0. The number of rotatable bonds is 4. The average Bonchev–Trinajstić information content (AvgIpc) is 3.37. The maximum absolute atomic E-state index is 11.7. The number of aromatic nitrogens is 3. The molecule has 2 aromatic carbocycles. The quantitative estimate of drug-likeness (QED) is 0.434. The van der Waals surface area contributed by atoms with Gasteiger partial charge in [0.25, 0.3) is 0 Å². The number of carbonyl (C=O) groups excluding carboxylic acids is 1. The molecular formula is C29H31N5O. The molecule has 0 bridgehead atoms. The number of nitrogens with two attached hydrogens (primary N) is 1. The van der Waals surface area contributed by atoms with Crippen molar-refractivity contribution in [2.75, 3.05) is 4.90 Å². The number of anilines is 1. The van der Waals surface area contributed by atoms with E-state index in [9.17, 15) is 4.79 Å². The Balaban J connectivity index is 1.62. The zero-order valence-electron chi connectivity index (χ0n) is 21.0. The van der Waals surface area contributed by atoms with E-state index < -0.39 is 5.91 Å². The average molecular weight is 466 g/mol. The molecule has 0 radical (unpaired) electrons. The molecule has 35 heavy (non-hydrogen) atoms. The lowest BCUT2D eigenvalue weighted by atomic mass is 9.92. The number of hydrogen-bond acceptors (Lipinski definition) is 4. The van der Waals surface area contributed by atoms with Crippen LogP contribution in [-0.4, -0.2) is 20.7 Å². The van der Waals surface area contributed by atoms with E-state index in [0.717, 1.165) is 45.3 Å². The van der Waals surface area contributed by atoms with Crippen LogP contribution in [0.15, 0.2) is 60.7 Å². The molecule has 5 rings (SSSR count). The molecule has 0 unspecified atom stereocenters. The molecule has 4 aromatic rings. The van der Waals surface area contributed by atoms with Crippen molar-refractivity contribution in [3.8, 4) is 16.9 Å². The summed E-state index contributed by atoms with van der Waals surface area (Å²) in [4.78, 5) is 18.9. The Morgan fingerprint density at radius 2 is 1.57 bits per heavy atom. The SMILES string of the molecule is Cc1cccc(C)c1-n1nc2c(c1-c1ccc(C(N)=O)cc1)CN(c1cccc(C(C)(C)C)n1)C2. The van der Waals surface area contributed by atoms with E-state index in [2.05, 4.69) is 80.6 Å². The highest BCUT2D eigenvalue weighted by atomic mass is 16.1. The van der Waals surface area contributed by atoms with Crippen molar-refractivity contribution >= 4 is 11.7 Å². The van der Waals surface area contributed by atoms with E-state index in [1.54, 1.807) is 12.1 Å². The Morgan fingerprint density at radius 1 is 0.914 bits per heavy atom. The summed E-state index contributed by atoms with van der Waals surface area (Å²) >= 11 is 0. The first-order chi connectivity index (χ1) is 16.6. The van der Waals surface area contributed by atoms with E-state index in [0.29, 0.717) is 18.7 Å². The molecular weight excluding hydrogens is 434 g/mol. The van der Waals surface area contributed by atoms with Crippen LogP contribution >= 0.6 is 0 Å². The lowest BCUT2D eigenvalue weighted by Gasteiger charge is -2.23. The normalized spacial score (nSPS) is 13.2. The van der Waals surface area contributed by atoms with E-state index in [4.69, 9.17) is 15.8 Å². The van der Waals surface area contributed by atoms with Crippen LogP contribution < -0.4 is 10.6 Å². The Morgan fingerprint density at radius 3 is 2.20 bits per heavy atom. The predicted octanol–water partition coefficient (Wildman–Crippen LogP) is 5.47. The van der Waals surface area contributed by atoms with Crippen molar-refractivity contribution in [2.24, 2.45) is 5.73 Å². The van der Waals surface area contributed by atoms with Crippen LogP contribution in [0.2, 0.25) is 0 Å². The standard InChI is InChI=1S/C29H31N5O/c1-18-8-6-9-19(2)26(18)34-27(20-12-14-21(15-13-20)28(30)35)22-16-33(17-23(22)32-34)25-11-7-10-24(31-25)29(3,4)5/h6-15H,16-17H2,1-5H3,(H2,30,35). The maximum Gasteiger partial charge on any atom is 0.248 e. The van der Waals surface area contributed by atoms with Crippen LogP contribution in [0.4, 0.5) is 5.82 Å². The Bertz CT molecular complexity index is 1410. The molecule has 0 saturated carbocycles. The Hall–Kier alpha value is -3.93. The first-order valence-electron chi connectivity index (χ1n) is 11.9. The van der Waals surface area contributed by atoms with Gasteiger partial charge in [0.1, 0.15) is 5.82 Å². The molecule has 6 heteroatoms. The van der Waals surface area contributed by atoms with E-state index in [-0.39, 0.29) is 5.41 Å². The number of benzene rings is 2. The van der Waals surface area contributed by atoms with Gasteiger partial charge < -0.3 is 10.6 Å². The molecule has 1 amide bonds. The molecule has 0 saturated heterocycles. The number of carbonyl (C=O) groups is 1. The van der Waals surface area contributed by atoms with Gasteiger partial charge in [0.15, 0.2) is 0 Å². The third kappa shape index (κ3) is 4.09. The molecule has 3 heterocycles. The summed E-state index contributed by atoms with van der Waals surface area (Å²) in [6, 6.07) is 20.0. The lowest BCUT2D eigenvalue weighted by Crippen LogP contribution is -2.21.